The zero-order valence-corrected chi connectivity index (χ0v) is 19.6. The zero-order valence-electron chi connectivity index (χ0n) is 18.8. The predicted molar refractivity (Wildman–Crippen MR) is 127 cm³/mol. The molecule has 0 unspecified atom stereocenters. The van der Waals surface area contributed by atoms with Gasteiger partial charge in [0, 0.05) is 41.2 Å². The second kappa shape index (κ2) is 8.55. The summed E-state index contributed by atoms with van der Waals surface area (Å²) in [4.78, 5) is 25.1. The number of guanidine groups is 1. The van der Waals surface area contributed by atoms with E-state index in [0.29, 0.717) is 24.0 Å². The van der Waals surface area contributed by atoms with E-state index in [-0.39, 0.29) is 25.1 Å². The Morgan fingerprint density at radius 1 is 1.41 bits per heavy atom. The van der Waals surface area contributed by atoms with E-state index in [2.05, 4.69) is 10.3 Å². The number of amides is 1. The van der Waals surface area contributed by atoms with Gasteiger partial charge in [-0.25, -0.2) is 9.98 Å². The number of benzene rings is 1. The van der Waals surface area contributed by atoms with Crippen LogP contribution >= 0.6 is 11.3 Å². The quantitative estimate of drug-likeness (QED) is 0.639. The van der Waals surface area contributed by atoms with Gasteiger partial charge in [0.1, 0.15) is 5.75 Å². The summed E-state index contributed by atoms with van der Waals surface area (Å²) in [6, 6.07) is 5.98. The van der Waals surface area contributed by atoms with Gasteiger partial charge < -0.3 is 25.8 Å². The summed E-state index contributed by atoms with van der Waals surface area (Å²) in [5.41, 5.74) is 9.01. The van der Waals surface area contributed by atoms with Gasteiger partial charge in [0.15, 0.2) is 11.0 Å². The van der Waals surface area contributed by atoms with Crippen molar-refractivity contribution in [2.45, 2.75) is 45.7 Å². The smallest absolute Gasteiger partial charge is 0.283 e. The number of fused-ring (bicyclic) bond motifs is 3. The highest BCUT2D eigenvalue weighted by Gasteiger charge is 2.30. The Morgan fingerprint density at radius 2 is 2.19 bits per heavy atom. The summed E-state index contributed by atoms with van der Waals surface area (Å²) in [6.45, 7) is 8.62. The van der Waals surface area contributed by atoms with Crippen LogP contribution in [-0.4, -0.2) is 58.2 Å². The van der Waals surface area contributed by atoms with Crippen molar-refractivity contribution in [3.05, 3.63) is 39.8 Å². The Bertz CT molecular complexity index is 1100. The van der Waals surface area contributed by atoms with Crippen LogP contribution in [0.2, 0.25) is 0 Å². The molecule has 0 fully saturated rings. The SMILES string of the molecule is CC(C)N(CCO)C(=O)c1nc2c(s1)CCOc1ccc(C3=CNC(N)=NC3(C)C)cc1-2. The minimum Gasteiger partial charge on any atom is -0.493 e. The second-order valence-corrected chi connectivity index (χ2v) is 9.76. The summed E-state index contributed by atoms with van der Waals surface area (Å²) in [5, 5.41) is 12.8. The number of hydrogen-bond acceptors (Lipinski definition) is 8. The first-order chi connectivity index (χ1) is 15.2. The number of aliphatic imine (C=N–C) groups is 1. The van der Waals surface area contributed by atoms with Crippen LogP contribution < -0.4 is 15.8 Å². The minimum absolute atomic E-state index is 0.0264. The van der Waals surface area contributed by atoms with Crippen LogP contribution in [0.3, 0.4) is 0 Å². The number of aromatic nitrogens is 1. The molecule has 8 nitrogen and oxygen atoms in total. The average Bonchev–Trinajstić information content (AvgIpc) is 3.07. The topological polar surface area (TPSA) is 113 Å². The largest absolute Gasteiger partial charge is 0.493 e. The molecule has 0 saturated carbocycles. The van der Waals surface area contributed by atoms with Crippen LogP contribution in [0.1, 0.15) is 47.9 Å². The summed E-state index contributed by atoms with van der Waals surface area (Å²) in [6.07, 6.45) is 2.57. The Kier molecular flexibility index (Phi) is 5.96. The molecule has 170 valence electrons. The van der Waals surface area contributed by atoms with Gasteiger partial charge in [-0.15, -0.1) is 11.3 Å². The van der Waals surface area contributed by atoms with Crippen LogP contribution in [0.25, 0.3) is 16.8 Å². The number of aliphatic hydroxyl groups excluding tert-OH is 1. The second-order valence-electron chi connectivity index (χ2n) is 8.67. The van der Waals surface area contributed by atoms with E-state index >= 15 is 0 Å². The lowest BCUT2D eigenvalue weighted by atomic mass is 9.87. The molecule has 2 aliphatic rings. The molecule has 4 rings (SSSR count). The van der Waals surface area contributed by atoms with E-state index in [0.717, 1.165) is 33.0 Å². The molecular formula is C23H29N5O3S. The van der Waals surface area contributed by atoms with Gasteiger partial charge in [0.2, 0.25) is 0 Å². The van der Waals surface area contributed by atoms with Gasteiger partial charge in [-0.05, 0) is 45.4 Å². The van der Waals surface area contributed by atoms with Gasteiger partial charge in [-0.1, -0.05) is 6.07 Å². The van der Waals surface area contributed by atoms with Crippen molar-refractivity contribution in [3.8, 4) is 17.0 Å². The van der Waals surface area contributed by atoms with Crippen molar-refractivity contribution in [3.63, 3.8) is 0 Å². The zero-order chi connectivity index (χ0) is 23.0. The summed E-state index contributed by atoms with van der Waals surface area (Å²) in [7, 11) is 0. The van der Waals surface area contributed by atoms with Crippen molar-refractivity contribution in [2.75, 3.05) is 19.8 Å². The summed E-state index contributed by atoms with van der Waals surface area (Å²) in [5.74, 6) is 0.980. The molecule has 0 radical (unpaired) electrons. The lowest BCUT2D eigenvalue weighted by Crippen LogP contribution is -2.38. The van der Waals surface area contributed by atoms with E-state index in [1.165, 1.54) is 11.3 Å². The molecule has 0 spiro atoms. The Hall–Kier alpha value is -2.91. The number of carbonyl (C=O) groups is 1. The van der Waals surface area contributed by atoms with Crippen molar-refractivity contribution in [1.82, 2.24) is 15.2 Å². The number of rotatable bonds is 5. The third-order valence-electron chi connectivity index (χ3n) is 5.66. The molecule has 32 heavy (non-hydrogen) atoms. The monoisotopic (exact) mass is 455 g/mol. The van der Waals surface area contributed by atoms with Crippen LogP contribution in [0.4, 0.5) is 0 Å². The lowest BCUT2D eigenvalue weighted by molar-refractivity contribution is 0.0665. The molecule has 3 heterocycles. The number of nitrogens with two attached hydrogens (primary N) is 1. The number of ether oxygens (including phenoxy) is 1. The maximum Gasteiger partial charge on any atom is 0.283 e. The standard InChI is InChI=1S/C23H29N5O3S/c1-13(2)28(8-9-29)21(30)20-26-19-15-11-14(16-12-25-22(24)27-23(16,3)4)5-6-17(15)31-10-7-18(19)32-20/h5-6,11-13,29H,7-10H2,1-4H3,(H3,24,25,27). The number of nitrogens with one attached hydrogen (secondary N) is 1. The molecule has 1 amide bonds. The van der Waals surface area contributed by atoms with Gasteiger partial charge in [-0.2, -0.15) is 0 Å². The number of thiazole rings is 1. The molecule has 2 aliphatic heterocycles. The summed E-state index contributed by atoms with van der Waals surface area (Å²) >= 11 is 1.40. The third kappa shape index (κ3) is 4.10. The Morgan fingerprint density at radius 3 is 2.88 bits per heavy atom. The fourth-order valence-corrected chi connectivity index (χ4v) is 5.08. The molecule has 0 saturated heterocycles. The lowest BCUT2D eigenvalue weighted by Gasteiger charge is -2.29. The third-order valence-corrected chi connectivity index (χ3v) is 6.76. The van der Waals surface area contributed by atoms with Crippen molar-refractivity contribution >= 4 is 28.8 Å². The van der Waals surface area contributed by atoms with Crippen LogP contribution in [0.5, 0.6) is 5.75 Å². The molecule has 1 aromatic carbocycles. The molecule has 9 heteroatoms. The molecule has 2 aromatic rings. The van der Waals surface area contributed by atoms with Crippen LogP contribution in [0.15, 0.2) is 29.4 Å². The summed E-state index contributed by atoms with van der Waals surface area (Å²) < 4.78 is 5.98. The van der Waals surface area contributed by atoms with Gasteiger partial charge in [0.05, 0.1) is 24.4 Å². The number of nitrogens with zero attached hydrogens (tertiary/aromatic N) is 3. The predicted octanol–water partition coefficient (Wildman–Crippen LogP) is 2.63. The maximum atomic E-state index is 13.1. The van der Waals surface area contributed by atoms with Crippen molar-refractivity contribution in [2.24, 2.45) is 10.7 Å². The molecule has 1 aromatic heterocycles. The Labute approximate surface area is 191 Å². The molecule has 0 atom stereocenters. The van der Waals surface area contributed by atoms with Gasteiger partial charge >= 0.3 is 0 Å². The first-order valence-electron chi connectivity index (χ1n) is 10.7. The number of carbonyl (C=O) groups excluding carboxylic acids is 1. The van der Waals surface area contributed by atoms with E-state index in [1.807, 2.05) is 52.1 Å². The maximum absolute atomic E-state index is 13.1. The number of aliphatic hydroxyl groups is 1. The van der Waals surface area contributed by atoms with Crippen LogP contribution in [-0.2, 0) is 6.42 Å². The van der Waals surface area contributed by atoms with Crippen molar-refractivity contribution in [1.29, 1.82) is 0 Å². The molecule has 4 N–H and O–H groups in total. The van der Waals surface area contributed by atoms with Crippen LogP contribution in [0, 0.1) is 0 Å². The fraction of sp³-hybridized carbons (Fsp3) is 0.435. The van der Waals surface area contributed by atoms with E-state index < -0.39 is 5.54 Å². The average molecular weight is 456 g/mol. The van der Waals surface area contributed by atoms with E-state index in [9.17, 15) is 9.90 Å². The fourth-order valence-electron chi connectivity index (χ4n) is 4.06. The van der Waals surface area contributed by atoms with Crippen molar-refractivity contribution < 1.29 is 14.6 Å². The highest BCUT2D eigenvalue weighted by Crippen LogP contribution is 2.41. The first kappa shape index (κ1) is 22.3. The highest BCUT2D eigenvalue weighted by molar-refractivity contribution is 7.14. The van der Waals surface area contributed by atoms with E-state index in [1.54, 1.807) is 4.90 Å². The molecule has 0 bridgehead atoms. The number of hydrogen-bond donors (Lipinski definition) is 3. The normalized spacial score (nSPS) is 16.7. The minimum atomic E-state index is -0.483. The van der Waals surface area contributed by atoms with Gasteiger partial charge in [0.25, 0.3) is 5.91 Å². The molecular weight excluding hydrogens is 426 g/mol. The highest BCUT2D eigenvalue weighted by atomic mass is 32.1. The molecule has 0 aliphatic carbocycles. The Balaban J connectivity index is 1.75. The first-order valence-corrected chi connectivity index (χ1v) is 11.5. The van der Waals surface area contributed by atoms with E-state index in [4.69, 9.17) is 15.5 Å². The van der Waals surface area contributed by atoms with Gasteiger partial charge in [-0.3, -0.25) is 4.79 Å².